The van der Waals surface area contributed by atoms with Crippen LogP contribution in [0, 0.1) is 0 Å². The van der Waals surface area contributed by atoms with Gasteiger partial charge in [0.05, 0.1) is 16.8 Å². The topological polar surface area (TPSA) is 102 Å². The van der Waals surface area contributed by atoms with Crippen molar-refractivity contribution in [3.05, 3.63) is 53.9 Å². The Bertz CT molecular complexity index is 738. The Morgan fingerprint density at radius 3 is 2.38 bits per heavy atom. The normalized spacial score (nSPS) is 11.1. The first-order valence-electron chi connectivity index (χ1n) is 6.15. The van der Waals surface area contributed by atoms with Gasteiger partial charge in [-0.25, -0.2) is 13.4 Å². The highest BCUT2D eigenvalue weighted by molar-refractivity contribution is 7.90. The Hall–Kier alpha value is -2.41. The number of sulfone groups is 1. The monoisotopic (exact) mass is 305 g/mol. The Morgan fingerprint density at radius 1 is 1.19 bits per heavy atom. The van der Waals surface area contributed by atoms with Crippen LogP contribution in [-0.2, 0) is 16.4 Å². The second-order valence-corrected chi connectivity index (χ2v) is 6.59. The van der Waals surface area contributed by atoms with Gasteiger partial charge in [0.25, 0.3) is 5.91 Å². The van der Waals surface area contributed by atoms with Crippen LogP contribution in [0.2, 0.25) is 0 Å². The molecule has 0 saturated heterocycles. The number of nitrogens with two attached hydrogens (primary N) is 1. The van der Waals surface area contributed by atoms with Crippen molar-refractivity contribution in [2.45, 2.75) is 11.4 Å². The van der Waals surface area contributed by atoms with Gasteiger partial charge in [-0.3, -0.25) is 4.79 Å². The van der Waals surface area contributed by atoms with Gasteiger partial charge >= 0.3 is 0 Å². The number of nitrogen functional groups attached to an aromatic ring is 1. The lowest BCUT2D eigenvalue weighted by molar-refractivity contribution is 0.0946. The molecule has 1 aromatic heterocycles. The molecule has 2 aromatic rings. The molecular weight excluding hydrogens is 290 g/mol. The van der Waals surface area contributed by atoms with Gasteiger partial charge in [0.15, 0.2) is 9.84 Å². The smallest absolute Gasteiger partial charge is 0.270 e. The third-order valence-corrected chi connectivity index (χ3v) is 3.95. The van der Waals surface area contributed by atoms with Gasteiger partial charge in [0.2, 0.25) is 0 Å². The summed E-state index contributed by atoms with van der Waals surface area (Å²) in [5.41, 5.74) is 7.06. The SMILES string of the molecule is CS(=O)(=O)c1ccc(CNC(=O)c2ccc(N)cn2)cc1. The van der Waals surface area contributed by atoms with Crippen molar-refractivity contribution in [3.8, 4) is 0 Å². The van der Waals surface area contributed by atoms with Crippen LogP contribution in [0.4, 0.5) is 5.69 Å². The summed E-state index contributed by atoms with van der Waals surface area (Å²) in [6.07, 6.45) is 2.56. The van der Waals surface area contributed by atoms with Crippen molar-refractivity contribution >= 4 is 21.4 Å². The van der Waals surface area contributed by atoms with E-state index in [0.29, 0.717) is 5.69 Å². The average Bonchev–Trinajstić information content (AvgIpc) is 2.45. The van der Waals surface area contributed by atoms with E-state index >= 15 is 0 Å². The van der Waals surface area contributed by atoms with E-state index in [1.54, 1.807) is 18.2 Å². The first-order valence-corrected chi connectivity index (χ1v) is 8.04. The fraction of sp³-hybridized carbons (Fsp3) is 0.143. The second-order valence-electron chi connectivity index (χ2n) is 4.58. The average molecular weight is 305 g/mol. The number of nitrogens with one attached hydrogen (secondary N) is 1. The fourth-order valence-electron chi connectivity index (χ4n) is 1.67. The lowest BCUT2D eigenvalue weighted by Gasteiger charge is -2.06. The zero-order valence-corrected chi connectivity index (χ0v) is 12.2. The number of anilines is 1. The van der Waals surface area contributed by atoms with Gasteiger partial charge in [-0.1, -0.05) is 12.1 Å². The van der Waals surface area contributed by atoms with Crippen molar-refractivity contribution < 1.29 is 13.2 Å². The van der Waals surface area contributed by atoms with Crippen LogP contribution in [0.1, 0.15) is 16.1 Å². The van der Waals surface area contributed by atoms with E-state index in [1.807, 2.05) is 0 Å². The summed E-state index contributed by atoms with van der Waals surface area (Å²) >= 11 is 0. The molecule has 0 aliphatic carbocycles. The van der Waals surface area contributed by atoms with Gasteiger partial charge in [-0.15, -0.1) is 0 Å². The Kier molecular flexibility index (Phi) is 4.23. The van der Waals surface area contributed by atoms with Crippen molar-refractivity contribution in [1.29, 1.82) is 0 Å². The number of rotatable bonds is 4. The molecule has 0 fully saturated rings. The zero-order valence-electron chi connectivity index (χ0n) is 11.4. The minimum absolute atomic E-state index is 0.248. The van der Waals surface area contributed by atoms with Crippen LogP contribution in [0.15, 0.2) is 47.5 Å². The molecule has 0 aliphatic heterocycles. The van der Waals surface area contributed by atoms with Crippen LogP contribution in [0.3, 0.4) is 0 Å². The molecule has 3 N–H and O–H groups in total. The maximum absolute atomic E-state index is 11.8. The largest absolute Gasteiger partial charge is 0.397 e. The number of nitrogens with zero attached hydrogens (tertiary/aromatic N) is 1. The minimum atomic E-state index is -3.21. The van der Waals surface area contributed by atoms with E-state index < -0.39 is 9.84 Å². The lowest BCUT2D eigenvalue weighted by atomic mass is 10.2. The molecule has 110 valence electrons. The summed E-state index contributed by atoms with van der Waals surface area (Å²) in [6.45, 7) is 0.287. The number of benzene rings is 1. The molecule has 0 bridgehead atoms. The van der Waals surface area contributed by atoms with Gasteiger partial charge in [0, 0.05) is 12.8 Å². The maximum Gasteiger partial charge on any atom is 0.270 e. The summed E-state index contributed by atoms with van der Waals surface area (Å²) in [5.74, 6) is -0.317. The van der Waals surface area contributed by atoms with Gasteiger partial charge in [-0.2, -0.15) is 0 Å². The predicted molar refractivity (Wildman–Crippen MR) is 79.4 cm³/mol. The first-order chi connectivity index (χ1) is 9.86. The standard InChI is InChI=1S/C14H15N3O3S/c1-21(19,20)12-5-2-10(3-6-12)8-17-14(18)13-7-4-11(15)9-16-13/h2-7,9H,8,15H2,1H3,(H,17,18). The first kappa shape index (κ1) is 15.0. The van der Waals surface area contributed by atoms with E-state index in [0.717, 1.165) is 11.8 Å². The summed E-state index contributed by atoms with van der Waals surface area (Å²) < 4.78 is 22.7. The number of carbonyl (C=O) groups is 1. The van der Waals surface area contributed by atoms with Crippen LogP contribution >= 0.6 is 0 Å². The highest BCUT2D eigenvalue weighted by atomic mass is 32.2. The number of carbonyl (C=O) groups excluding carboxylic acids is 1. The number of hydrogen-bond acceptors (Lipinski definition) is 5. The highest BCUT2D eigenvalue weighted by Crippen LogP contribution is 2.10. The van der Waals surface area contributed by atoms with Gasteiger partial charge in [-0.05, 0) is 29.8 Å². The molecule has 1 aromatic carbocycles. The number of amides is 1. The summed E-state index contributed by atoms with van der Waals surface area (Å²) in [4.78, 5) is 16.0. The Labute approximate surface area is 122 Å². The van der Waals surface area contributed by atoms with E-state index in [9.17, 15) is 13.2 Å². The number of hydrogen-bond donors (Lipinski definition) is 2. The Balaban J connectivity index is 2.00. The van der Waals surface area contributed by atoms with E-state index in [2.05, 4.69) is 10.3 Å². The molecule has 0 saturated carbocycles. The third-order valence-electron chi connectivity index (χ3n) is 2.82. The number of pyridine rings is 1. The van der Waals surface area contributed by atoms with E-state index in [-0.39, 0.29) is 23.0 Å². The number of aromatic nitrogens is 1. The molecule has 0 radical (unpaired) electrons. The molecule has 7 heteroatoms. The lowest BCUT2D eigenvalue weighted by Crippen LogP contribution is -2.23. The molecule has 1 heterocycles. The molecule has 0 atom stereocenters. The van der Waals surface area contributed by atoms with Crippen LogP contribution < -0.4 is 11.1 Å². The van der Waals surface area contributed by atoms with Gasteiger partial charge < -0.3 is 11.1 Å². The van der Waals surface area contributed by atoms with Crippen molar-refractivity contribution in [2.24, 2.45) is 0 Å². The predicted octanol–water partition coefficient (Wildman–Crippen LogP) is 0.997. The zero-order chi connectivity index (χ0) is 15.5. The van der Waals surface area contributed by atoms with Crippen molar-refractivity contribution in [2.75, 3.05) is 12.0 Å². The highest BCUT2D eigenvalue weighted by Gasteiger charge is 2.08. The summed E-state index contributed by atoms with van der Waals surface area (Å²) in [5, 5.41) is 2.70. The minimum Gasteiger partial charge on any atom is -0.397 e. The van der Waals surface area contributed by atoms with Crippen LogP contribution in [0.25, 0.3) is 0 Å². The van der Waals surface area contributed by atoms with Crippen LogP contribution in [0.5, 0.6) is 0 Å². The molecule has 21 heavy (non-hydrogen) atoms. The third kappa shape index (κ3) is 4.03. The van der Waals surface area contributed by atoms with Crippen LogP contribution in [-0.4, -0.2) is 25.6 Å². The molecule has 6 nitrogen and oxygen atoms in total. The molecule has 0 unspecified atom stereocenters. The molecule has 1 amide bonds. The van der Waals surface area contributed by atoms with E-state index in [1.165, 1.54) is 24.4 Å². The molecular formula is C14H15N3O3S. The molecule has 0 spiro atoms. The molecule has 0 aliphatic rings. The fourth-order valence-corrected chi connectivity index (χ4v) is 2.30. The maximum atomic E-state index is 11.8. The van der Waals surface area contributed by atoms with E-state index in [4.69, 9.17) is 5.73 Å². The quantitative estimate of drug-likeness (QED) is 0.877. The van der Waals surface area contributed by atoms with Crippen molar-refractivity contribution in [3.63, 3.8) is 0 Å². The van der Waals surface area contributed by atoms with Gasteiger partial charge in [0.1, 0.15) is 5.69 Å². The summed E-state index contributed by atoms with van der Waals surface area (Å²) in [6, 6.07) is 9.48. The Morgan fingerprint density at radius 2 is 1.86 bits per heavy atom. The summed E-state index contributed by atoms with van der Waals surface area (Å²) in [7, 11) is -3.21. The molecule has 2 rings (SSSR count). The van der Waals surface area contributed by atoms with Crippen molar-refractivity contribution in [1.82, 2.24) is 10.3 Å². The second kappa shape index (κ2) is 5.92.